The molecule has 1 aliphatic heterocycles. The normalized spacial score (nSPS) is 26.9. The molecule has 1 saturated heterocycles. The topological polar surface area (TPSA) is 28.2 Å². The molecule has 2 unspecified atom stereocenters. The van der Waals surface area contributed by atoms with Gasteiger partial charge >= 0.3 is 0 Å². The maximum absolute atomic E-state index is 4.25. The average molecular weight is 253 g/mol. The van der Waals surface area contributed by atoms with Crippen molar-refractivity contribution in [2.24, 2.45) is 5.92 Å². The van der Waals surface area contributed by atoms with Crippen LogP contribution in [-0.4, -0.2) is 36.6 Å². The molecule has 0 spiro atoms. The van der Waals surface area contributed by atoms with E-state index < -0.39 is 0 Å². The number of rotatable bonds is 4. The van der Waals surface area contributed by atoms with Crippen LogP contribution >= 0.6 is 11.3 Å². The molecule has 0 bridgehead atoms. The Morgan fingerprint density at radius 1 is 1.53 bits per heavy atom. The van der Waals surface area contributed by atoms with Crippen LogP contribution in [-0.2, 0) is 0 Å². The van der Waals surface area contributed by atoms with Gasteiger partial charge in [-0.3, -0.25) is 9.88 Å². The second kappa shape index (κ2) is 6.47. The van der Waals surface area contributed by atoms with E-state index in [9.17, 15) is 0 Å². The van der Waals surface area contributed by atoms with Gasteiger partial charge in [-0.1, -0.05) is 13.3 Å². The van der Waals surface area contributed by atoms with E-state index in [2.05, 4.69) is 35.4 Å². The average Bonchev–Trinajstić information content (AvgIpc) is 2.78. The fourth-order valence-electron chi connectivity index (χ4n) is 2.79. The summed E-state index contributed by atoms with van der Waals surface area (Å²) in [5.74, 6) is 0.725. The standard InChI is InChI=1S/C13H23N3S/c1-3-14-8-11-6-4-5-7-16(2)13(11)12-9-15-10-17-12/h9-11,13-14H,3-8H2,1-2H3. The third kappa shape index (κ3) is 3.27. The van der Waals surface area contributed by atoms with Gasteiger partial charge in [0.2, 0.25) is 0 Å². The Kier molecular flexibility index (Phi) is 4.95. The molecule has 0 amide bonds. The second-order valence-electron chi connectivity index (χ2n) is 4.89. The van der Waals surface area contributed by atoms with Gasteiger partial charge in [0.05, 0.1) is 5.51 Å². The third-order valence-corrected chi connectivity index (χ3v) is 4.50. The first-order chi connectivity index (χ1) is 8.33. The highest BCUT2D eigenvalue weighted by atomic mass is 32.1. The van der Waals surface area contributed by atoms with Gasteiger partial charge in [0.25, 0.3) is 0 Å². The summed E-state index contributed by atoms with van der Waals surface area (Å²) >= 11 is 1.80. The smallest absolute Gasteiger partial charge is 0.0794 e. The summed E-state index contributed by atoms with van der Waals surface area (Å²) in [7, 11) is 2.26. The van der Waals surface area contributed by atoms with Crippen LogP contribution in [0.2, 0.25) is 0 Å². The molecule has 0 aromatic carbocycles. The van der Waals surface area contributed by atoms with Gasteiger partial charge in [-0.05, 0) is 45.4 Å². The van der Waals surface area contributed by atoms with Gasteiger partial charge < -0.3 is 5.32 Å². The van der Waals surface area contributed by atoms with Gasteiger partial charge in [-0.25, -0.2) is 0 Å². The van der Waals surface area contributed by atoms with Crippen molar-refractivity contribution in [2.75, 3.05) is 26.7 Å². The highest BCUT2D eigenvalue weighted by molar-refractivity contribution is 7.09. The van der Waals surface area contributed by atoms with E-state index in [1.165, 1.54) is 30.7 Å². The Hall–Kier alpha value is -0.450. The number of nitrogens with one attached hydrogen (secondary N) is 1. The molecule has 1 fully saturated rings. The molecule has 0 aliphatic carbocycles. The summed E-state index contributed by atoms with van der Waals surface area (Å²) in [4.78, 5) is 8.19. The first-order valence-electron chi connectivity index (χ1n) is 6.62. The van der Waals surface area contributed by atoms with Crippen LogP contribution < -0.4 is 5.32 Å². The van der Waals surface area contributed by atoms with Crippen molar-refractivity contribution in [3.8, 4) is 0 Å². The summed E-state index contributed by atoms with van der Waals surface area (Å²) in [6, 6.07) is 0.559. The van der Waals surface area contributed by atoms with Gasteiger partial charge in [-0.2, -0.15) is 0 Å². The van der Waals surface area contributed by atoms with Crippen LogP contribution in [0.5, 0.6) is 0 Å². The predicted octanol–water partition coefficient (Wildman–Crippen LogP) is 2.53. The van der Waals surface area contributed by atoms with Crippen LogP contribution in [0.3, 0.4) is 0 Å². The number of aromatic nitrogens is 1. The van der Waals surface area contributed by atoms with E-state index in [4.69, 9.17) is 0 Å². The van der Waals surface area contributed by atoms with Crippen molar-refractivity contribution >= 4 is 11.3 Å². The molecule has 1 N–H and O–H groups in total. The summed E-state index contributed by atoms with van der Waals surface area (Å²) in [5.41, 5.74) is 1.96. The van der Waals surface area contributed by atoms with E-state index in [0.717, 1.165) is 19.0 Å². The lowest BCUT2D eigenvalue weighted by Crippen LogP contribution is -2.34. The molecule has 1 aliphatic rings. The zero-order valence-electron chi connectivity index (χ0n) is 10.9. The van der Waals surface area contributed by atoms with E-state index in [1.54, 1.807) is 11.3 Å². The predicted molar refractivity (Wildman–Crippen MR) is 73.4 cm³/mol. The quantitative estimate of drug-likeness (QED) is 0.894. The molecule has 0 radical (unpaired) electrons. The zero-order chi connectivity index (χ0) is 12.1. The molecular weight excluding hydrogens is 230 g/mol. The second-order valence-corrected chi connectivity index (χ2v) is 5.81. The van der Waals surface area contributed by atoms with Crippen LogP contribution in [0.15, 0.2) is 11.7 Å². The van der Waals surface area contributed by atoms with Gasteiger partial charge in [0, 0.05) is 17.1 Å². The van der Waals surface area contributed by atoms with Gasteiger partial charge in [0.1, 0.15) is 0 Å². The molecule has 4 heteroatoms. The molecule has 2 atom stereocenters. The molecule has 2 heterocycles. The number of hydrogen-bond donors (Lipinski definition) is 1. The van der Waals surface area contributed by atoms with Crippen LogP contribution in [0.25, 0.3) is 0 Å². The molecular formula is C13H23N3S. The van der Waals surface area contributed by atoms with Crippen molar-refractivity contribution < 1.29 is 0 Å². The van der Waals surface area contributed by atoms with Crippen molar-refractivity contribution in [1.29, 1.82) is 0 Å². The Balaban J connectivity index is 2.13. The molecule has 1 aromatic rings. The minimum atomic E-state index is 0.559. The van der Waals surface area contributed by atoms with E-state index in [-0.39, 0.29) is 0 Å². The fourth-order valence-corrected chi connectivity index (χ4v) is 3.67. The lowest BCUT2D eigenvalue weighted by atomic mass is 9.94. The SMILES string of the molecule is CCNCC1CCCCN(C)C1c1cncs1. The summed E-state index contributed by atoms with van der Waals surface area (Å²) in [5, 5.41) is 3.52. The van der Waals surface area contributed by atoms with Crippen LogP contribution in [0.4, 0.5) is 0 Å². The van der Waals surface area contributed by atoms with Gasteiger partial charge in [-0.15, -0.1) is 11.3 Å². The van der Waals surface area contributed by atoms with Gasteiger partial charge in [0.15, 0.2) is 0 Å². The lowest BCUT2D eigenvalue weighted by Gasteiger charge is -2.31. The monoisotopic (exact) mass is 253 g/mol. The minimum absolute atomic E-state index is 0.559. The van der Waals surface area contributed by atoms with Crippen molar-refractivity contribution in [1.82, 2.24) is 15.2 Å². The maximum Gasteiger partial charge on any atom is 0.0794 e. The zero-order valence-corrected chi connectivity index (χ0v) is 11.7. The van der Waals surface area contributed by atoms with Crippen molar-refractivity contribution in [2.45, 2.75) is 32.2 Å². The van der Waals surface area contributed by atoms with E-state index in [0.29, 0.717) is 6.04 Å². The first kappa shape index (κ1) is 13.0. The highest BCUT2D eigenvalue weighted by Gasteiger charge is 2.29. The molecule has 96 valence electrons. The summed E-state index contributed by atoms with van der Waals surface area (Å²) in [6.07, 6.45) is 6.07. The minimum Gasteiger partial charge on any atom is -0.317 e. The maximum atomic E-state index is 4.25. The van der Waals surface area contributed by atoms with Crippen molar-refractivity contribution in [3.63, 3.8) is 0 Å². The highest BCUT2D eigenvalue weighted by Crippen LogP contribution is 2.35. The Bertz CT molecular complexity index is 312. The molecule has 0 saturated carbocycles. The molecule has 17 heavy (non-hydrogen) atoms. The summed E-state index contributed by atoms with van der Waals surface area (Å²) in [6.45, 7) is 5.59. The largest absolute Gasteiger partial charge is 0.317 e. The van der Waals surface area contributed by atoms with Crippen molar-refractivity contribution in [3.05, 3.63) is 16.6 Å². The Morgan fingerprint density at radius 2 is 2.41 bits per heavy atom. The molecule has 1 aromatic heterocycles. The number of likely N-dealkylation sites (tertiary alicyclic amines) is 1. The molecule has 3 nitrogen and oxygen atoms in total. The number of nitrogens with zero attached hydrogens (tertiary/aromatic N) is 2. The van der Waals surface area contributed by atoms with E-state index in [1.807, 2.05) is 5.51 Å². The van der Waals surface area contributed by atoms with E-state index >= 15 is 0 Å². The summed E-state index contributed by atoms with van der Waals surface area (Å²) < 4.78 is 0. The molecule has 2 rings (SSSR count). The Labute approximate surface area is 108 Å². The fraction of sp³-hybridized carbons (Fsp3) is 0.769. The first-order valence-corrected chi connectivity index (χ1v) is 7.50. The van der Waals surface area contributed by atoms with Crippen LogP contribution in [0.1, 0.15) is 37.1 Å². The number of thiazole rings is 1. The van der Waals surface area contributed by atoms with Crippen LogP contribution in [0, 0.1) is 5.92 Å². The lowest BCUT2D eigenvalue weighted by molar-refractivity contribution is 0.193. The number of hydrogen-bond acceptors (Lipinski definition) is 4. The Morgan fingerprint density at radius 3 is 3.12 bits per heavy atom. The third-order valence-electron chi connectivity index (χ3n) is 3.66.